The van der Waals surface area contributed by atoms with Crippen LogP contribution < -0.4 is 10.6 Å². The largest absolute Gasteiger partial charge is 3.00 e. The molecule has 2 heterocycles. The number of hydrogen-bond acceptors (Lipinski definition) is 10. The van der Waals surface area contributed by atoms with Gasteiger partial charge in [0.05, 0.1) is 11.6 Å². The van der Waals surface area contributed by atoms with E-state index in [0.29, 0.717) is 24.9 Å². The van der Waals surface area contributed by atoms with Gasteiger partial charge in [-0.3, -0.25) is 24.4 Å². The summed E-state index contributed by atoms with van der Waals surface area (Å²) in [5, 5.41) is 27.6. The second-order valence-corrected chi connectivity index (χ2v) is 16.3. The number of aromatic hydroxyl groups is 1. The average Bonchev–Trinajstić information content (AvgIpc) is 3.53. The van der Waals surface area contributed by atoms with Crippen molar-refractivity contribution in [1.29, 1.82) is 0 Å². The third-order valence-electron chi connectivity index (χ3n) is 11.0. The van der Waals surface area contributed by atoms with Crippen molar-refractivity contribution in [2.24, 2.45) is 10.9 Å². The van der Waals surface area contributed by atoms with Gasteiger partial charge >= 0.3 is 32.7 Å². The molecule has 0 radical (unpaired) electrons. The molecule has 0 saturated carbocycles. The van der Waals surface area contributed by atoms with E-state index in [1.54, 1.807) is 37.1 Å². The number of carbonyl (C=O) groups is 4. The van der Waals surface area contributed by atoms with Gasteiger partial charge in [0.1, 0.15) is 18.4 Å². The van der Waals surface area contributed by atoms with Crippen LogP contribution in [-0.2, 0) is 61.4 Å². The van der Waals surface area contributed by atoms with Crippen molar-refractivity contribution in [3.05, 3.63) is 36.4 Å². The van der Waals surface area contributed by atoms with E-state index in [-0.39, 0.29) is 94.1 Å². The summed E-state index contributed by atoms with van der Waals surface area (Å²) >= 11 is 0. The fourth-order valence-corrected chi connectivity index (χ4v) is 7.15. The molecule has 4 unspecified atom stereocenters. The van der Waals surface area contributed by atoms with Gasteiger partial charge in [-0.05, 0) is 70.5 Å². The van der Waals surface area contributed by atoms with Crippen molar-refractivity contribution in [3.8, 4) is 5.75 Å². The number of ether oxygens (including phenoxy) is 2. The Morgan fingerprint density at radius 3 is 2.29 bits per heavy atom. The van der Waals surface area contributed by atoms with Gasteiger partial charge in [0, 0.05) is 26.6 Å². The van der Waals surface area contributed by atoms with E-state index in [4.69, 9.17) is 9.47 Å². The Hall–Kier alpha value is -2.61. The molecule has 1 aromatic rings. The van der Waals surface area contributed by atoms with E-state index in [1.807, 2.05) is 6.92 Å². The van der Waals surface area contributed by atoms with E-state index in [1.165, 1.54) is 76.9 Å². The molecular formula is C44H72N5O8Y+2. The number of benzene rings is 1. The first kappa shape index (κ1) is 51.5. The first-order chi connectivity index (χ1) is 27.4. The Labute approximate surface area is 373 Å². The van der Waals surface area contributed by atoms with Crippen molar-refractivity contribution >= 4 is 29.6 Å². The summed E-state index contributed by atoms with van der Waals surface area (Å²) in [7, 11) is 1.81. The van der Waals surface area contributed by atoms with Gasteiger partial charge in [-0.15, -0.1) is 5.92 Å². The van der Waals surface area contributed by atoms with Crippen molar-refractivity contribution in [2.75, 3.05) is 33.3 Å². The van der Waals surface area contributed by atoms with E-state index >= 15 is 0 Å². The summed E-state index contributed by atoms with van der Waals surface area (Å²) in [6.07, 6.45) is 19.8. The molecule has 1 saturated heterocycles. The van der Waals surface area contributed by atoms with Crippen LogP contribution in [0.4, 0.5) is 0 Å². The van der Waals surface area contributed by atoms with Crippen LogP contribution in [0.5, 0.6) is 5.75 Å². The number of aliphatic imine (C=N–C) groups is 1. The fourth-order valence-electron chi connectivity index (χ4n) is 7.15. The zero-order chi connectivity index (χ0) is 41.5. The number of phenolic OH excluding ortho intramolecular Hbond substituents is 1. The molecule has 0 aromatic heterocycles. The summed E-state index contributed by atoms with van der Waals surface area (Å²) < 4.78 is 11.3. The Balaban J connectivity index is 0.0000116. The summed E-state index contributed by atoms with van der Waals surface area (Å²) in [4.78, 5) is 58.6. The van der Waals surface area contributed by atoms with E-state index in [9.17, 15) is 29.5 Å². The maximum atomic E-state index is 13.6. The molecule has 322 valence electrons. The molecule has 58 heavy (non-hydrogen) atoms. The Morgan fingerprint density at radius 2 is 1.64 bits per heavy atom. The number of likely N-dealkylation sites (N-methyl/N-ethyl adjacent to an activating group) is 1. The van der Waals surface area contributed by atoms with Crippen LogP contribution in [0.3, 0.4) is 0 Å². The molecule has 0 aliphatic carbocycles. The molecular weight excluding hydrogens is 815 g/mol. The van der Waals surface area contributed by atoms with Crippen LogP contribution >= 0.6 is 0 Å². The minimum Gasteiger partial charge on any atom is -0.635 e. The molecule has 3 amide bonds. The fraction of sp³-hybridized carbons (Fsp3) is 0.727. The molecule has 0 spiro atoms. The third kappa shape index (κ3) is 18.8. The molecule has 1 fully saturated rings. The van der Waals surface area contributed by atoms with Gasteiger partial charge in [-0.25, -0.2) is 10.1 Å². The predicted octanol–water partition coefficient (Wildman–Crippen LogP) is 7.22. The summed E-state index contributed by atoms with van der Waals surface area (Å²) in [5.74, 6) is -1.59. The van der Waals surface area contributed by atoms with E-state index in [2.05, 4.69) is 22.5 Å². The first-order valence-corrected chi connectivity index (χ1v) is 21.8. The first-order valence-electron chi connectivity index (χ1n) is 21.8. The minimum atomic E-state index is -1.36. The number of amides is 3. The number of nitrogens with one attached hydrogen (secondary N) is 2. The number of hydrogen-bond donors (Lipinski definition) is 4. The third-order valence-corrected chi connectivity index (χ3v) is 11.0. The van der Waals surface area contributed by atoms with Gasteiger partial charge in [0.25, 0.3) is 11.9 Å². The summed E-state index contributed by atoms with van der Waals surface area (Å²) in [6, 6.07) is 5.21. The van der Waals surface area contributed by atoms with Gasteiger partial charge < -0.3 is 30.1 Å². The summed E-state index contributed by atoms with van der Waals surface area (Å²) in [5.41, 5.74) is -1.01. The number of likely N-dealkylation sites (tertiary alicyclic amines) is 1. The normalized spacial score (nSPS) is 19.0. The molecule has 13 nitrogen and oxygen atoms in total. The van der Waals surface area contributed by atoms with Gasteiger partial charge in [-0.1, -0.05) is 103 Å². The molecule has 2 aliphatic heterocycles. The number of phenols is 1. The molecule has 2 aliphatic rings. The SMILES string of the molecule is CCCCCCCCCCCCCCCC(=O)N(O)CCCCC(NC(=O)C1(C)COC(c2ccccc2O)=N1)C(=O)O[CH-]C(C)CNC1CCCCN(C)C1=O.[Y+3]. The number of para-hydroxylation sites is 1. The molecule has 14 heteroatoms. The maximum absolute atomic E-state index is 13.6. The van der Waals surface area contributed by atoms with Gasteiger partial charge in [-0.2, -0.15) is 6.61 Å². The summed E-state index contributed by atoms with van der Waals surface area (Å²) in [6.45, 7) is 8.31. The van der Waals surface area contributed by atoms with Crippen LogP contribution in [0.25, 0.3) is 0 Å². The minimum absolute atomic E-state index is 0. The smallest absolute Gasteiger partial charge is 0.635 e. The number of esters is 1. The van der Waals surface area contributed by atoms with Crippen LogP contribution in [0.2, 0.25) is 0 Å². The van der Waals surface area contributed by atoms with Crippen molar-refractivity contribution < 1.29 is 71.7 Å². The Kier molecular flexibility index (Phi) is 25.6. The second-order valence-electron chi connectivity index (χ2n) is 16.3. The molecule has 0 bridgehead atoms. The number of nitrogens with zero attached hydrogens (tertiary/aromatic N) is 3. The predicted molar refractivity (Wildman–Crippen MR) is 221 cm³/mol. The molecule has 1 aromatic carbocycles. The second kappa shape index (κ2) is 28.8. The van der Waals surface area contributed by atoms with E-state index < -0.39 is 23.5 Å². The zero-order valence-corrected chi connectivity index (χ0v) is 38.7. The Morgan fingerprint density at radius 1 is 1.00 bits per heavy atom. The number of hydroxylamine groups is 2. The topological polar surface area (TPSA) is 170 Å². The van der Waals surface area contributed by atoms with E-state index in [0.717, 1.165) is 50.1 Å². The van der Waals surface area contributed by atoms with Gasteiger partial charge in [0.2, 0.25) is 17.7 Å². The van der Waals surface area contributed by atoms with Crippen LogP contribution in [-0.4, -0.2) is 101 Å². The molecule has 4 N–H and O–H groups in total. The maximum Gasteiger partial charge on any atom is 3.00 e. The quantitative estimate of drug-likeness (QED) is 0.0223. The number of carbonyl (C=O) groups excluding carboxylic acids is 4. The standard InChI is InChI=1S/C44H72N5O8.Y/c1-5-6-7-8-9-10-11-12-13-14-15-16-17-28-39(51)49(55)30-23-21-26-37(42(53)56-32-34(2)31-45-36-25-20-22-29-48(4)41(36)52)46-43(54)44(3)33-57-40(47-44)35-24-18-19-27-38(35)50;/h18-19,24,27,32,34,36-37,45,50,55H,5-17,20-23,25-26,28-31,33H2,1-4H3,(H,46,54);/q-1;+3. The average molecular weight is 888 g/mol. The Bertz CT molecular complexity index is 1420. The van der Waals surface area contributed by atoms with Crippen LogP contribution in [0.15, 0.2) is 29.3 Å². The molecule has 4 atom stereocenters. The zero-order valence-electron chi connectivity index (χ0n) is 35.9. The van der Waals surface area contributed by atoms with Crippen molar-refractivity contribution in [2.45, 2.75) is 167 Å². The van der Waals surface area contributed by atoms with Crippen LogP contribution in [0.1, 0.15) is 155 Å². The van der Waals surface area contributed by atoms with Crippen molar-refractivity contribution in [1.82, 2.24) is 20.6 Å². The molecule has 3 rings (SSSR count). The number of rotatable bonds is 28. The monoisotopic (exact) mass is 887 g/mol. The van der Waals surface area contributed by atoms with Gasteiger partial charge in [0.15, 0.2) is 5.54 Å². The van der Waals surface area contributed by atoms with Crippen LogP contribution in [0, 0.1) is 12.5 Å². The number of unbranched alkanes of at least 4 members (excludes halogenated alkanes) is 13. The van der Waals surface area contributed by atoms with Crippen molar-refractivity contribution in [3.63, 3.8) is 0 Å².